The van der Waals surface area contributed by atoms with Gasteiger partial charge in [-0.15, -0.1) is 5.10 Å². The van der Waals surface area contributed by atoms with Crippen molar-refractivity contribution in [3.8, 4) is 0 Å². The molecule has 20 heavy (non-hydrogen) atoms. The molecule has 1 atom stereocenters. The number of rotatable bonds is 7. The molecule has 1 unspecified atom stereocenters. The van der Waals surface area contributed by atoms with Crippen LogP contribution in [0.4, 0.5) is 0 Å². The van der Waals surface area contributed by atoms with Gasteiger partial charge in [0.05, 0.1) is 6.54 Å². The summed E-state index contributed by atoms with van der Waals surface area (Å²) in [6.07, 6.45) is 7.75. The lowest BCUT2D eigenvalue weighted by molar-refractivity contribution is 0.200. The van der Waals surface area contributed by atoms with Crippen molar-refractivity contribution in [3.63, 3.8) is 0 Å². The monoisotopic (exact) mass is 278 g/mol. The van der Waals surface area contributed by atoms with Gasteiger partial charge in [0, 0.05) is 25.2 Å². The van der Waals surface area contributed by atoms with Gasteiger partial charge in [-0.25, -0.2) is 4.68 Å². The highest BCUT2D eigenvalue weighted by Crippen LogP contribution is 2.28. The fourth-order valence-electron chi connectivity index (χ4n) is 3.05. The summed E-state index contributed by atoms with van der Waals surface area (Å²) in [5.74, 6) is 1.02. The number of piperidine rings is 1. The third-order valence-corrected chi connectivity index (χ3v) is 4.32. The summed E-state index contributed by atoms with van der Waals surface area (Å²) in [6, 6.07) is 1.41. The van der Waals surface area contributed by atoms with Crippen LogP contribution < -0.4 is 5.32 Å². The Morgan fingerprint density at radius 3 is 2.90 bits per heavy atom. The molecule has 0 bridgehead atoms. The van der Waals surface area contributed by atoms with Gasteiger partial charge in [0.15, 0.2) is 5.82 Å². The van der Waals surface area contributed by atoms with E-state index in [0.717, 1.165) is 37.9 Å². The first-order chi connectivity index (χ1) is 9.86. The van der Waals surface area contributed by atoms with Gasteiger partial charge in [0.2, 0.25) is 0 Å². The van der Waals surface area contributed by atoms with E-state index < -0.39 is 0 Å². The summed E-state index contributed by atoms with van der Waals surface area (Å²) in [4.78, 5) is 2.58. The minimum atomic E-state index is 0.653. The second-order valence-corrected chi connectivity index (χ2v) is 6.13. The van der Waals surface area contributed by atoms with Gasteiger partial charge in [0.1, 0.15) is 0 Å². The highest BCUT2D eigenvalue weighted by atomic mass is 15.5. The van der Waals surface area contributed by atoms with Crippen LogP contribution in [-0.2, 0) is 13.1 Å². The second-order valence-electron chi connectivity index (χ2n) is 6.13. The first kappa shape index (κ1) is 13.9. The standard InChI is InChI=1S/C14H26N6/c1-2-9-20-14(16-17-18-20)11-19(13-6-7-13)10-12-5-3-4-8-15-12/h12-13,15H,2-11H2,1H3. The van der Waals surface area contributed by atoms with E-state index in [1.807, 2.05) is 4.68 Å². The Morgan fingerprint density at radius 1 is 1.30 bits per heavy atom. The molecule has 0 amide bonds. The maximum atomic E-state index is 4.22. The van der Waals surface area contributed by atoms with Crippen molar-refractivity contribution in [2.75, 3.05) is 13.1 Å². The smallest absolute Gasteiger partial charge is 0.165 e. The molecule has 3 rings (SSSR count). The van der Waals surface area contributed by atoms with Crippen molar-refractivity contribution in [1.29, 1.82) is 0 Å². The number of hydrogen-bond acceptors (Lipinski definition) is 5. The van der Waals surface area contributed by atoms with Crippen LogP contribution in [0.1, 0.15) is 51.3 Å². The number of aryl methyl sites for hydroxylation is 1. The molecule has 1 saturated heterocycles. The number of nitrogens with zero attached hydrogens (tertiary/aromatic N) is 5. The summed E-state index contributed by atoms with van der Waals surface area (Å²) in [6.45, 7) is 6.30. The third kappa shape index (κ3) is 3.55. The van der Waals surface area contributed by atoms with Crippen molar-refractivity contribution in [2.45, 2.75) is 70.6 Å². The van der Waals surface area contributed by atoms with Crippen LogP contribution in [0.5, 0.6) is 0 Å². The molecule has 2 fully saturated rings. The van der Waals surface area contributed by atoms with Crippen LogP contribution in [-0.4, -0.2) is 50.3 Å². The first-order valence-electron chi connectivity index (χ1n) is 8.09. The number of nitrogens with one attached hydrogen (secondary N) is 1. The minimum absolute atomic E-state index is 0.653. The summed E-state index contributed by atoms with van der Waals surface area (Å²) >= 11 is 0. The molecule has 6 heteroatoms. The molecule has 6 nitrogen and oxygen atoms in total. The Labute approximate surface area is 120 Å². The quantitative estimate of drug-likeness (QED) is 0.812. The van der Waals surface area contributed by atoms with Crippen molar-refractivity contribution in [2.24, 2.45) is 0 Å². The fraction of sp³-hybridized carbons (Fsp3) is 0.929. The van der Waals surface area contributed by atoms with E-state index in [4.69, 9.17) is 0 Å². The lowest BCUT2D eigenvalue weighted by atomic mass is 10.0. The molecule has 2 heterocycles. The number of tetrazole rings is 1. The molecule has 1 aromatic rings. The average molecular weight is 278 g/mol. The summed E-state index contributed by atoms with van der Waals surface area (Å²) in [7, 11) is 0. The van der Waals surface area contributed by atoms with Gasteiger partial charge < -0.3 is 5.32 Å². The van der Waals surface area contributed by atoms with Crippen LogP contribution in [0, 0.1) is 0 Å². The van der Waals surface area contributed by atoms with Crippen molar-refractivity contribution < 1.29 is 0 Å². The van der Waals surface area contributed by atoms with Crippen LogP contribution in [0.25, 0.3) is 0 Å². The van der Waals surface area contributed by atoms with Crippen molar-refractivity contribution in [3.05, 3.63) is 5.82 Å². The lowest BCUT2D eigenvalue weighted by Gasteiger charge is -2.30. The Kier molecular flexibility index (Phi) is 4.62. The van der Waals surface area contributed by atoms with Gasteiger partial charge in [-0.2, -0.15) is 0 Å². The summed E-state index contributed by atoms with van der Waals surface area (Å²) < 4.78 is 1.96. The van der Waals surface area contributed by atoms with Gasteiger partial charge in [-0.05, 0) is 49.1 Å². The summed E-state index contributed by atoms with van der Waals surface area (Å²) in [5.41, 5.74) is 0. The first-order valence-corrected chi connectivity index (χ1v) is 8.09. The van der Waals surface area contributed by atoms with E-state index in [1.165, 1.54) is 38.6 Å². The molecule has 1 aliphatic carbocycles. The molecule has 0 spiro atoms. The van der Waals surface area contributed by atoms with Crippen molar-refractivity contribution in [1.82, 2.24) is 30.4 Å². The topological polar surface area (TPSA) is 58.9 Å². The predicted octanol–water partition coefficient (Wildman–Crippen LogP) is 1.19. The van der Waals surface area contributed by atoms with E-state index in [9.17, 15) is 0 Å². The maximum absolute atomic E-state index is 4.22. The number of hydrogen-bond donors (Lipinski definition) is 1. The number of aromatic nitrogens is 4. The average Bonchev–Trinajstić information content (AvgIpc) is 3.23. The predicted molar refractivity (Wildman–Crippen MR) is 77.2 cm³/mol. The highest BCUT2D eigenvalue weighted by molar-refractivity contribution is 4.92. The van der Waals surface area contributed by atoms with Crippen LogP contribution in [0.3, 0.4) is 0 Å². The van der Waals surface area contributed by atoms with Gasteiger partial charge >= 0.3 is 0 Å². The second kappa shape index (κ2) is 6.63. The molecular weight excluding hydrogens is 252 g/mol. The van der Waals surface area contributed by atoms with Crippen LogP contribution in [0.2, 0.25) is 0 Å². The van der Waals surface area contributed by atoms with E-state index >= 15 is 0 Å². The molecule has 1 aliphatic heterocycles. The molecular formula is C14H26N6. The van der Waals surface area contributed by atoms with Crippen LogP contribution >= 0.6 is 0 Å². The van der Waals surface area contributed by atoms with Gasteiger partial charge in [-0.1, -0.05) is 13.3 Å². The third-order valence-electron chi connectivity index (χ3n) is 4.32. The molecule has 1 aromatic heterocycles. The van der Waals surface area contributed by atoms with Crippen LogP contribution in [0.15, 0.2) is 0 Å². The maximum Gasteiger partial charge on any atom is 0.165 e. The molecule has 1 N–H and O–H groups in total. The minimum Gasteiger partial charge on any atom is -0.313 e. The molecule has 0 radical (unpaired) electrons. The zero-order chi connectivity index (χ0) is 13.8. The molecule has 112 valence electrons. The van der Waals surface area contributed by atoms with E-state index in [-0.39, 0.29) is 0 Å². The van der Waals surface area contributed by atoms with Gasteiger partial charge in [-0.3, -0.25) is 4.90 Å². The fourth-order valence-corrected chi connectivity index (χ4v) is 3.05. The zero-order valence-corrected chi connectivity index (χ0v) is 12.5. The highest BCUT2D eigenvalue weighted by Gasteiger charge is 2.31. The Morgan fingerprint density at radius 2 is 2.20 bits per heavy atom. The summed E-state index contributed by atoms with van der Waals surface area (Å²) in [5, 5.41) is 15.8. The Balaban J connectivity index is 1.60. The van der Waals surface area contributed by atoms with Gasteiger partial charge in [0.25, 0.3) is 0 Å². The normalized spacial score (nSPS) is 23.4. The Hall–Kier alpha value is -1.01. The van der Waals surface area contributed by atoms with E-state index in [0.29, 0.717) is 6.04 Å². The SMILES string of the molecule is CCCn1nnnc1CN(CC1CCCCN1)C1CC1. The van der Waals surface area contributed by atoms with E-state index in [2.05, 4.69) is 32.7 Å². The zero-order valence-electron chi connectivity index (χ0n) is 12.5. The molecule has 1 saturated carbocycles. The molecule has 0 aromatic carbocycles. The lowest BCUT2D eigenvalue weighted by Crippen LogP contribution is -2.44. The largest absolute Gasteiger partial charge is 0.313 e. The van der Waals surface area contributed by atoms with Crippen molar-refractivity contribution >= 4 is 0 Å². The molecule has 2 aliphatic rings. The Bertz CT molecular complexity index is 408. The van der Waals surface area contributed by atoms with E-state index in [1.54, 1.807) is 0 Å².